The molecule has 0 aliphatic carbocycles. The summed E-state index contributed by atoms with van der Waals surface area (Å²) in [6.07, 6.45) is 1.43. The largest absolute Gasteiger partial charge is 0.457 e. The van der Waals surface area contributed by atoms with Gasteiger partial charge in [-0.15, -0.1) is 0 Å². The molecule has 6 heteroatoms. The van der Waals surface area contributed by atoms with E-state index in [1.807, 2.05) is 42.5 Å². The standard InChI is InChI=1S/C19H16N2O3S/c22-25(23,19-12-5-2-6-13-19)21-20-15-16-8-7-11-18(14-16)24-17-9-3-1-4-10-17/h1-15,21H. The molecule has 0 fully saturated rings. The Kier molecular flexibility index (Phi) is 5.11. The first-order valence-corrected chi connectivity index (χ1v) is 9.05. The zero-order chi connectivity index (χ0) is 17.5. The van der Waals surface area contributed by atoms with Crippen molar-refractivity contribution in [2.24, 2.45) is 5.10 Å². The molecule has 25 heavy (non-hydrogen) atoms. The fourth-order valence-corrected chi connectivity index (χ4v) is 2.92. The van der Waals surface area contributed by atoms with E-state index in [0.717, 1.165) is 5.75 Å². The molecule has 0 aromatic heterocycles. The van der Waals surface area contributed by atoms with Crippen molar-refractivity contribution in [3.8, 4) is 11.5 Å². The Bertz CT molecular complexity index is 956. The van der Waals surface area contributed by atoms with E-state index in [4.69, 9.17) is 4.74 Å². The molecule has 5 nitrogen and oxygen atoms in total. The van der Waals surface area contributed by atoms with Crippen LogP contribution in [0.5, 0.6) is 11.5 Å². The van der Waals surface area contributed by atoms with Gasteiger partial charge in [0.25, 0.3) is 10.0 Å². The third kappa shape index (κ3) is 4.68. The van der Waals surface area contributed by atoms with Crippen molar-refractivity contribution in [2.75, 3.05) is 0 Å². The van der Waals surface area contributed by atoms with E-state index in [-0.39, 0.29) is 4.90 Å². The van der Waals surface area contributed by atoms with Gasteiger partial charge in [-0.25, -0.2) is 4.83 Å². The van der Waals surface area contributed by atoms with Gasteiger partial charge in [-0.05, 0) is 42.0 Å². The van der Waals surface area contributed by atoms with Crippen LogP contribution in [0.3, 0.4) is 0 Å². The van der Waals surface area contributed by atoms with Crippen LogP contribution < -0.4 is 9.57 Å². The highest BCUT2D eigenvalue weighted by molar-refractivity contribution is 7.89. The van der Waals surface area contributed by atoms with Gasteiger partial charge in [0.15, 0.2) is 0 Å². The minimum Gasteiger partial charge on any atom is -0.457 e. The van der Waals surface area contributed by atoms with Crippen LogP contribution in [0.2, 0.25) is 0 Å². The number of nitrogens with zero attached hydrogens (tertiary/aromatic N) is 1. The van der Waals surface area contributed by atoms with E-state index >= 15 is 0 Å². The lowest BCUT2D eigenvalue weighted by atomic mass is 10.2. The minimum absolute atomic E-state index is 0.160. The highest BCUT2D eigenvalue weighted by Crippen LogP contribution is 2.21. The monoisotopic (exact) mass is 352 g/mol. The lowest BCUT2D eigenvalue weighted by Crippen LogP contribution is -2.18. The van der Waals surface area contributed by atoms with Gasteiger partial charge in [0, 0.05) is 0 Å². The summed E-state index contributed by atoms with van der Waals surface area (Å²) in [7, 11) is -3.67. The summed E-state index contributed by atoms with van der Waals surface area (Å²) in [6.45, 7) is 0. The third-order valence-corrected chi connectivity index (χ3v) is 4.52. The number of nitrogens with one attached hydrogen (secondary N) is 1. The molecule has 0 heterocycles. The molecule has 0 saturated heterocycles. The molecule has 0 radical (unpaired) electrons. The van der Waals surface area contributed by atoms with Crippen LogP contribution in [0.25, 0.3) is 0 Å². The van der Waals surface area contributed by atoms with Gasteiger partial charge in [0.1, 0.15) is 11.5 Å². The van der Waals surface area contributed by atoms with E-state index in [0.29, 0.717) is 11.3 Å². The number of hydrazone groups is 1. The Balaban J connectivity index is 1.69. The highest BCUT2D eigenvalue weighted by atomic mass is 32.2. The molecule has 3 rings (SSSR count). The smallest absolute Gasteiger partial charge is 0.276 e. The van der Waals surface area contributed by atoms with Crippen LogP contribution in [-0.2, 0) is 10.0 Å². The van der Waals surface area contributed by atoms with Gasteiger partial charge in [-0.1, -0.05) is 48.5 Å². The lowest BCUT2D eigenvalue weighted by Gasteiger charge is -2.06. The van der Waals surface area contributed by atoms with Gasteiger partial charge in [-0.2, -0.15) is 13.5 Å². The second kappa shape index (κ2) is 7.63. The van der Waals surface area contributed by atoms with E-state index in [1.165, 1.54) is 18.3 Å². The Hall–Kier alpha value is -3.12. The van der Waals surface area contributed by atoms with Gasteiger partial charge < -0.3 is 4.74 Å². The van der Waals surface area contributed by atoms with Crippen LogP contribution in [0.4, 0.5) is 0 Å². The maximum Gasteiger partial charge on any atom is 0.276 e. The zero-order valence-corrected chi connectivity index (χ0v) is 14.1. The molecule has 0 aliphatic rings. The Morgan fingerprint density at radius 3 is 2.16 bits per heavy atom. The van der Waals surface area contributed by atoms with Crippen molar-refractivity contribution in [2.45, 2.75) is 4.90 Å². The molecule has 3 aromatic carbocycles. The van der Waals surface area contributed by atoms with Crippen LogP contribution >= 0.6 is 0 Å². The van der Waals surface area contributed by atoms with Crippen LogP contribution in [0.1, 0.15) is 5.56 Å². The first-order chi connectivity index (χ1) is 12.1. The molecular weight excluding hydrogens is 336 g/mol. The summed E-state index contributed by atoms with van der Waals surface area (Å²) in [5, 5.41) is 3.82. The molecule has 0 bridgehead atoms. The number of ether oxygens (including phenoxy) is 1. The average molecular weight is 352 g/mol. The maximum atomic E-state index is 12.1. The Morgan fingerprint density at radius 2 is 1.44 bits per heavy atom. The Labute approximate surface area is 146 Å². The maximum absolute atomic E-state index is 12.1. The van der Waals surface area contributed by atoms with Crippen molar-refractivity contribution in [3.05, 3.63) is 90.5 Å². The number of hydrogen-bond acceptors (Lipinski definition) is 4. The van der Waals surface area contributed by atoms with Gasteiger partial charge in [0.05, 0.1) is 11.1 Å². The number of sulfonamides is 1. The van der Waals surface area contributed by atoms with Crippen molar-refractivity contribution in [1.82, 2.24) is 4.83 Å². The predicted molar refractivity (Wildman–Crippen MR) is 97.3 cm³/mol. The molecule has 0 amide bonds. The number of para-hydroxylation sites is 1. The van der Waals surface area contributed by atoms with E-state index in [2.05, 4.69) is 9.93 Å². The van der Waals surface area contributed by atoms with Crippen LogP contribution in [0.15, 0.2) is 94.9 Å². The topological polar surface area (TPSA) is 67.8 Å². The molecule has 0 saturated carbocycles. The summed E-state index contributed by atoms with van der Waals surface area (Å²) in [6, 6.07) is 24.7. The number of hydrogen-bond donors (Lipinski definition) is 1. The minimum atomic E-state index is -3.67. The molecule has 0 aliphatic heterocycles. The average Bonchev–Trinajstić information content (AvgIpc) is 2.63. The van der Waals surface area contributed by atoms with Crippen molar-refractivity contribution < 1.29 is 13.2 Å². The quantitative estimate of drug-likeness (QED) is 0.542. The Morgan fingerprint density at radius 1 is 0.800 bits per heavy atom. The molecule has 0 unspecified atom stereocenters. The lowest BCUT2D eigenvalue weighted by molar-refractivity contribution is 0.482. The summed E-state index contributed by atoms with van der Waals surface area (Å²) in [5.74, 6) is 1.36. The molecular formula is C19H16N2O3S. The van der Waals surface area contributed by atoms with E-state index < -0.39 is 10.0 Å². The highest BCUT2D eigenvalue weighted by Gasteiger charge is 2.10. The number of rotatable bonds is 6. The predicted octanol–water partition coefficient (Wildman–Crippen LogP) is 3.79. The van der Waals surface area contributed by atoms with E-state index in [9.17, 15) is 8.42 Å². The van der Waals surface area contributed by atoms with Gasteiger partial charge in [-0.3, -0.25) is 0 Å². The summed E-state index contributed by atoms with van der Waals surface area (Å²) >= 11 is 0. The van der Waals surface area contributed by atoms with Crippen molar-refractivity contribution >= 4 is 16.2 Å². The first-order valence-electron chi connectivity index (χ1n) is 7.56. The second-order valence-corrected chi connectivity index (χ2v) is 6.81. The zero-order valence-electron chi connectivity index (χ0n) is 13.2. The molecule has 126 valence electrons. The summed E-state index contributed by atoms with van der Waals surface area (Å²) in [4.78, 5) is 2.35. The van der Waals surface area contributed by atoms with Gasteiger partial charge in [0.2, 0.25) is 0 Å². The molecule has 0 spiro atoms. The second-order valence-electron chi connectivity index (χ2n) is 5.15. The fourth-order valence-electron chi connectivity index (χ4n) is 2.11. The molecule has 0 atom stereocenters. The normalized spacial score (nSPS) is 11.4. The van der Waals surface area contributed by atoms with Crippen molar-refractivity contribution in [1.29, 1.82) is 0 Å². The number of benzene rings is 3. The van der Waals surface area contributed by atoms with Gasteiger partial charge >= 0.3 is 0 Å². The summed E-state index contributed by atoms with van der Waals surface area (Å²) < 4.78 is 29.9. The third-order valence-electron chi connectivity index (χ3n) is 3.28. The fraction of sp³-hybridized carbons (Fsp3) is 0. The van der Waals surface area contributed by atoms with Crippen LogP contribution in [0, 0.1) is 0 Å². The summed E-state index contributed by atoms with van der Waals surface area (Å²) in [5.41, 5.74) is 0.712. The molecule has 3 aromatic rings. The first kappa shape index (κ1) is 16.7. The molecule has 1 N–H and O–H groups in total. The van der Waals surface area contributed by atoms with E-state index in [1.54, 1.807) is 30.3 Å². The SMILES string of the molecule is O=S(=O)(NN=Cc1cccc(Oc2ccccc2)c1)c1ccccc1. The van der Waals surface area contributed by atoms with Crippen LogP contribution in [-0.4, -0.2) is 14.6 Å². The van der Waals surface area contributed by atoms with Crippen molar-refractivity contribution in [3.63, 3.8) is 0 Å².